The van der Waals surface area contributed by atoms with Crippen LogP contribution in [0.25, 0.3) is 0 Å². The second-order valence-corrected chi connectivity index (χ2v) is 3.79. The second-order valence-electron chi connectivity index (χ2n) is 3.79. The van der Waals surface area contributed by atoms with E-state index in [0.717, 1.165) is 19.4 Å². The van der Waals surface area contributed by atoms with E-state index in [9.17, 15) is 22.4 Å². The van der Waals surface area contributed by atoms with Gasteiger partial charge in [0.1, 0.15) is 0 Å². The van der Waals surface area contributed by atoms with E-state index < -0.39 is 24.3 Å². The van der Waals surface area contributed by atoms with Gasteiger partial charge in [0.25, 0.3) is 5.91 Å². The highest BCUT2D eigenvalue weighted by Gasteiger charge is 2.49. The van der Waals surface area contributed by atoms with Crippen molar-refractivity contribution in [2.45, 2.75) is 37.7 Å². The topological polar surface area (TPSA) is 41.1 Å². The Morgan fingerprint density at radius 2 is 2.06 bits per heavy atom. The Balaban J connectivity index is 2.49. The summed E-state index contributed by atoms with van der Waals surface area (Å²) < 4.78 is 49.0. The summed E-state index contributed by atoms with van der Waals surface area (Å²) in [4.78, 5) is 10.9. The molecule has 1 amide bonds. The maximum Gasteiger partial charge on any atom is 0.383 e. The Morgan fingerprint density at radius 3 is 2.69 bits per heavy atom. The first-order chi connectivity index (χ1) is 7.44. The van der Waals surface area contributed by atoms with Crippen molar-refractivity contribution in [3.05, 3.63) is 0 Å². The van der Waals surface area contributed by atoms with Gasteiger partial charge in [0.2, 0.25) is 0 Å². The molecule has 1 heterocycles. The lowest BCUT2D eigenvalue weighted by Crippen LogP contribution is -2.51. The maximum absolute atomic E-state index is 12.6. The van der Waals surface area contributed by atoms with E-state index in [1.165, 1.54) is 0 Å². The molecule has 1 fully saturated rings. The standard InChI is InChI=1S/C9H14F4N2O/c10-7(11)9(12,13)8(16)15-6-3-1-2-4-14-5-6/h6-7,14H,1-5H2,(H,15,16). The zero-order chi connectivity index (χ0) is 12.2. The van der Waals surface area contributed by atoms with Crippen molar-refractivity contribution in [3.8, 4) is 0 Å². The summed E-state index contributed by atoms with van der Waals surface area (Å²) in [5.41, 5.74) is 0. The third-order valence-corrected chi connectivity index (χ3v) is 2.46. The molecule has 0 aromatic carbocycles. The van der Waals surface area contributed by atoms with E-state index in [1.54, 1.807) is 0 Å². The number of alkyl halides is 4. The summed E-state index contributed by atoms with van der Waals surface area (Å²) in [5, 5.41) is 4.89. The number of amides is 1. The highest BCUT2D eigenvalue weighted by atomic mass is 19.3. The monoisotopic (exact) mass is 242 g/mol. The van der Waals surface area contributed by atoms with Crippen molar-refractivity contribution in [2.75, 3.05) is 13.1 Å². The molecule has 94 valence electrons. The van der Waals surface area contributed by atoms with Crippen LogP contribution in [0.15, 0.2) is 0 Å². The number of halogens is 4. The maximum atomic E-state index is 12.6. The predicted molar refractivity (Wildman–Crippen MR) is 49.6 cm³/mol. The van der Waals surface area contributed by atoms with E-state index in [-0.39, 0.29) is 0 Å². The lowest BCUT2D eigenvalue weighted by atomic mass is 10.1. The van der Waals surface area contributed by atoms with Crippen LogP contribution in [0.1, 0.15) is 19.3 Å². The van der Waals surface area contributed by atoms with Crippen LogP contribution in [0.5, 0.6) is 0 Å². The lowest BCUT2D eigenvalue weighted by molar-refractivity contribution is -0.170. The molecule has 0 aliphatic carbocycles. The quantitative estimate of drug-likeness (QED) is 0.729. The van der Waals surface area contributed by atoms with Crippen molar-refractivity contribution in [2.24, 2.45) is 0 Å². The van der Waals surface area contributed by atoms with Crippen molar-refractivity contribution in [1.82, 2.24) is 10.6 Å². The number of hydrogen-bond donors (Lipinski definition) is 2. The van der Waals surface area contributed by atoms with E-state index in [4.69, 9.17) is 0 Å². The predicted octanol–water partition coefficient (Wildman–Crippen LogP) is 1.15. The SMILES string of the molecule is O=C(NC1CCCCNC1)C(F)(F)C(F)F. The van der Waals surface area contributed by atoms with Gasteiger partial charge in [-0.3, -0.25) is 4.79 Å². The zero-order valence-electron chi connectivity index (χ0n) is 8.61. The molecular formula is C9H14F4N2O. The molecule has 1 atom stereocenters. The largest absolute Gasteiger partial charge is 0.383 e. The minimum atomic E-state index is -4.60. The third-order valence-electron chi connectivity index (χ3n) is 2.46. The van der Waals surface area contributed by atoms with Gasteiger partial charge in [-0.25, -0.2) is 8.78 Å². The molecule has 0 radical (unpaired) electrons. The van der Waals surface area contributed by atoms with E-state index in [2.05, 4.69) is 5.32 Å². The summed E-state index contributed by atoms with van der Waals surface area (Å²) >= 11 is 0. The third kappa shape index (κ3) is 3.33. The minimum absolute atomic E-state index is 0.338. The zero-order valence-corrected chi connectivity index (χ0v) is 8.61. The van der Waals surface area contributed by atoms with Gasteiger partial charge in [-0.15, -0.1) is 0 Å². The van der Waals surface area contributed by atoms with Gasteiger partial charge < -0.3 is 10.6 Å². The average Bonchev–Trinajstić information content (AvgIpc) is 2.46. The van der Waals surface area contributed by atoms with Crippen molar-refractivity contribution in [3.63, 3.8) is 0 Å². The number of nitrogens with one attached hydrogen (secondary N) is 2. The van der Waals surface area contributed by atoms with Crippen LogP contribution in [0, 0.1) is 0 Å². The molecule has 1 unspecified atom stereocenters. The van der Waals surface area contributed by atoms with Crippen LogP contribution in [0.2, 0.25) is 0 Å². The number of rotatable bonds is 3. The van der Waals surface area contributed by atoms with Gasteiger partial charge in [-0.05, 0) is 19.4 Å². The smallest absolute Gasteiger partial charge is 0.347 e. The fraction of sp³-hybridized carbons (Fsp3) is 0.889. The molecule has 7 heteroatoms. The van der Waals surface area contributed by atoms with Crippen LogP contribution in [0.3, 0.4) is 0 Å². The number of hydrogen-bond acceptors (Lipinski definition) is 2. The highest BCUT2D eigenvalue weighted by Crippen LogP contribution is 2.23. The average molecular weight is 242 g/mol. The summed E-state index contributed by atoms with van der Waals surface area (Å²) in [6, 6.07) is -0.500. The first kappa shape index (κ1) is 13.2. The molecule has 0 aromatic heterocycles. The first-order valence-corrected chi connectivity index (χ1v) is 5.12. The van der Waals surface area contributed by atoms with Crippen LogP contribution in [0.4, 0.5) is 17.6 Å². The van der Waals surface area contributed by atoms with Crippen LogP contribution < -0.4 is 10.6 Å². The first-order valence-electron chi connectivity index (χ1n) is 5.12. The lowest BCUT2D eigenvalue weighted by Gasteiger charge is -2.20. The summed E-state index contributed by atoms with van der Waals surface area (Å²) in [6.07, 6.45) is -1.78. The minimum Gasteiger partial charge on any atom is -0.347 e. The Morgan fingerprint density at radius 1 is 1.38 bits per heavy atom. The van der Waals surface area contributed by atoms with Crippen LogP contribution >= 0.6 is 0 Å². The Hall–Kier alpha value is -0.850. The molecule has 0 spiro atoms. The molecule has 1 saturated heterocycles. The molecule has 1 aliphatic rings. The van der Waals surface area contributed by atoms with Gasteiger partial charge in [-0.1, -0.05) is 6.42 Å². The summed E-state index contributed by atoms with van der Waals surface area (Å²) in [5.74, 6) is -6.50. The normalized spacial score (nSPS) is 22.9. The van der Waals surface area contributed by atoms with Crippen molar-refractivity contribution < 1.29 is 22.4 Å². The molecule has 0 aromatic rings. The molecular weight excluding hydrogens is 228 g/mol. The van der Waals surface area contributed by atoms with E-state index in [1.807, 2.05) is 5.32 Å². The second kappa shape index (κ2) is 5.47. The molecule has 2 N–H and O–H groups in total. The van der Waals surface area contributed by atoms with Gasteiger partial charge in [0.15, 0.2) is 0 Å². The van der Waals surface area contributed by atoms with Crippen LogP contribution in [-0.4, -0.2) is 37.4 Å². The Kier molecular flexibility index (Phi) is 4.52. The Labute approximate surface area is 90.6 Å². The van der Waals surface area contributed by atoms with Crippen molar-refractivity contribution >= 4 is 5.91 Å². The number of carbonyl (C=O) groups excluding carboxylic acids is 1. The molecule has 0 bridgehead atoms. The van der Waals surface area contributed by atoms with Gasteiger partial charge in [0.05, 0.1) is 0 Å². The van der Waals surface area contributed by atoms with Gasteiger partial charge >= 0.3 is 12.3 Å². The number of carbonyl (C=O) groups is 1. The summed E-state index contributed by atoms with van der Waals surface area (Å²) in [6.45, 7) is 1.09. The van der Waals surface area contributed by atoms with Crippen molar-refractivity contribution in [1.29, 1.82) is 0 Å². The van der Waals surface area contributed by atoms with E-state index in [0.29, 0.717) is 13.0 Å². The van der Waals surface area contributed by atoms with Gasteiger partial charge in [0, 0.05) is 12.6 Å². The Bertz CT molecular complexity index is 240. The molecule has 3 nitrogen and oxygen atoms in total. The summed E-state index contributed by atoms with van der Waals surface area (Å²) in [7, 11) is 0. The molecule has 0 saturated carbocycles. The van der Waals surface area contributed by atoms with E-state index >= 15 is 0 Å². The van der Waals surface area contributed by atoms with Crippen LogP contribution in [-0.2, 0) is 4.79 Å². The fourth-order valence-corrected chi connectivity index (χ4v) is 1.52. The fourth-order valence-electron chi connectivity index (χ4n) is 1.52. The molecule has 16 heavy (non-hydrogen) atoms. The highest BCUT2D eigenvalue weighted by molar-refractivity contribution is 5.84. The van der Waals surface area contributed by atoms with Gasteiger partial charge in [-0.2, -0.15) is 8.78 Å². The molecule has 1 aliphatic heterocycles. The molecule has 1 rings (SSSR count).